The highest BCUT2D eigenvalue weighted by Crippen LogP contribution is 2.24. The Labute approximate surface area is 286 Å². The first-order valence-electron chi connectivity index (χ1n) is 15.9. The van der Waals surface area contributed by atoms with Gasteiger partial charge in [-0.05, 0) is 35.8 Å². The number of benzene rings is 2. The molecule has 50 heavy (non-hydrogen) atoms. The number of likely N-dealkylation sites (tertiary alicyclic amines) is 1. The number of ether oxygens (including phenoxy) is 1. The Morgan fingerprint density at radius 3 is 1.86 bits per heavy atom. The third-order valence-electron chi connectivity index (χ3n) is 7.63. The van der Waals surface area contributed by atoms with Crippen molar-refractivity contribution in [1.82, 2.24) is 20.9 Å². The monoisotopic (exact) mass is 714 g/mol. The molecule has 3 atom stereocenters. The molecule has 3 amide bonds. The van der Waals surface area contributed by atoms with Crippen molar-refractivity contribution in [3.05, 3.63) is 71.8 Å². The summed E-state index contributed by atoms with van der Waals surface area (Å²) in [6, 6.07) is 14.7. The van der Waals surface area contributed by atoms with E-state index in [0.717, 1.165) is 11.1 Å². The number of amides is 3. The van der Waals surface area contributed by atoms with Crippen molar-refractivity contribution in [3.63, 3.8) is 0 Å². The number of nitrogens with zero attached hydrogens (tertiary/aromatic N) is 1. The quantitative estimate of drug-likeness (QED) is 0.206. The van der Waals surface area contributed by atoms with E-state index < -0.39 is 72.3 Å². The highest BCUT2D eigenvalue weighted by Gasteiger charge is 2.46. The van der Waals surface area contributed by atoms with Crippen molar-refractivity contribution in [2.45, 2.75) is 83.9 Å². The number of carbonyl (C=O) groups excluding carboxylic acids is 4. The lowest BCUT2D eigenvalue weighted by Gasteiger charge is -2.32. The minimum atomic E-state index is -5.08. The molecule has 0 spiro atoms. The number of aliphatic carboxylic acids is 1. The lowest BCUT2D eigenvalue weighted by molar-refractivity contribution is -0.192. The fourth-order valence-electron chi connectivity index (χ4n) is 4.95. The average Bonchev–Trinajstić information content (AvgIpc) is 3.55. The molecule has 1 heterocycles. The van der Waals surface area contributed by atoms with E-state index in [2.05, 4.69) is 16.0 Å². The predicted molar refractivity (Wildman–Crippen MR) is 172 cm³/mol. The number of nitrogens with one attached hydrogen (secondary N) is 3. The van der Waals surface area contributed by atoms with Crippen LogP contribution in [0.15, 0.2) is 60.7 Å². The molecule has 11 nitrogen and oxygen atoms in total. The second-order valence-corrected chi connectivity index (χ2v) is 12.3. The summed E-state index contributed by atoms with van der Waals surface area (Å²) in [6.07, 6.45) is -5.05. The normalized spacial score (nSPS) is 15.8. The number of alkyl carbamates (subject to hydrolysis) is 1. The molecular formula is C34H43F5N4O7. The Balaban J connectivity index is 0.00000112. The van der Waals surface area contributed by atoms with Crippen molar-refractivity contribution in [1.29, 1.82) is 0 Å². The van der Waals surface area contributed by atoms with Crippen LogP contribution >= 0.6 is 0 Å². The van der Waals surface area contributed by atoms with Gasteiger partial charge in [-0.2, -0.15) is 22.0 Å². The number of hydrogen-bond donors (Lipinski definition) is 4. The molecule has 0 unspecified atom stereocenters. The van der Waals surface area contributed by atoms with Crippen molar-refractivity contribution < 1.29 is 55.8 Å². The van der Waals surface area contributed by atoms with Gasteiger partial charge < -0.3 is 30.7 Å². The molecule has 0 aromatic heterocycles. The standard InChI is InChI=1S/C32H42F2N4O5.C2HF3O2/c1-21(2)26(28(39)32(33,34)20-35-18-23-12-7-5-8-13-23)36-29(40)25-16-11-17-38(25)30(41)27(22(3)4)37-31(42)43-19-24-14-9-6-10-15-24;3-2(4,5)1(6)7/h5-10,12-15,21-22,25-27,35H,11,16-20H2,1-4H3,(H,36,40)(H,37,42);(H,6,7)/t25-,26-,27-;/m0./s1. The molecule has 0 saturated carbocycles. The van der Waals surface area contributed by atoms with Crippen molar-refractivity contribution in [2.24, 2.45) is 11.8 Å². The van der Waals surface area contributed by atoms with Crippen LogP contribution in [-0.2, 0) is 37.1 Å². The third-order valence-corrected chi connectivity index (χ3v) is 7.63. The average molecular weight is 715 g/mol. The van der Waals surface area contributed by atoms with Crippen LogP contribution in [0.5, 0.6) is 0 Å². The van der Waals surface area contributed by atoms with Gasteiger partial charge in [-0.15, -0.1) is 0 Å². The Hall–Kier alpha value is -4.60. The number of halogens is 5. The van der Waals surface area contributed by atoms with Gasteiger partial charge in [0.2, 0.25) is 17.6 Å². The maximum Gasteiger partial charge on any atom is 0.490 e. The van der Waals surface area contributed by atoms with E-state index in [1.807, 2.05) is 24.3 Å². The summed E-state index contributed by atoms with van der Waals surface area (Å²) < 4.78 is 66.9. The molecule has 0 bridgehead atoms. The molecule has 0 radical (unpaired) electrons. The maximum absolute atomic E-state index is 15.0. The van der Waals surface area contributed by atoms with Crippen LogP contribution in [0, 0.1) is 11.8 Å². The highest BCUT2D eigenvalue weighted by molar-refractivity contribution is 5.97. The number of Topliss-reactive ketones (excluding diaryl/α,β-unsaturated/α-hetero) is 1. The van der Waals surface area contributed by atoms with Gasteiger partial charge in [-0.1, -0.05) is 88.4 Å². The second kappa shape index (κ2) is 19.0. The molecule has 3 rings (SSSR count). The SMILES string of the molecule is CC(C)[C@H](NC(=O)OCc1ccccc1)C(=O)N1CCC[C@H]1C(=O)N[C@H](C(=O)C(F)(F)CNCc1ccccc1)C(C)C.O=C(O)C(F)(F)F. The summed E-state index contributed by atoms with van der Waals surface area (Å²) in [6.45, 7) is 6.22. The molecule has 16 heteroatoms. The number of ketones is 1. The van der Waals surface area contributed by atoms with Crippen LogP contribution < -0.4 is 16.0 Å². The van der Waals surface area contributed by atoms with Gasteiger partial charge >= 0.3 is 24.2 Å². The minimum absolute atomic E-state index is 0.0253. The molecule has 2 aromatic rings. The number of carboxylic acid groups (broad SMARTS) is 1. The van der Waals surface area contributed by atoms with Crippen LogP contribution in [0.2, 0.25) is 0 Å². The molecule has 1 aliphatic heterocycles. The molecule has 4 N–H and O–H groups in total. The van der Waals surface area contributed by atoms with E-state index in [0.29, 0.717) is 12.8 Å². The number of alkyl halides is 5. The molecular weight excluding hydrogens is 671 g/mol. The topological polar surface area (TPSA) is 154 Å². The van der Waals surface area contributed by atoms with Gasteiger partial charge in [0, 0.05) is 13.1 Å². The minimum Gasteiger partial charge on any atom is -0.475 e. The largest absolute Gasteiger partial charge is 0.490 e. The van der Waals surface area contributed by atoms with Gasteiger partial charge in [0.05, 0.1) is 12.6 Å². The lowest BCUT2D eigenvalue weighted by atomic mass is 9.95. The summed E-state index contributed by atoms with van der Waals surface area (Å²) in [4.78, 5) is 62.6. The number of carbonyl (C=O) groups is 5. The lowest BCUT2D eigenvalue weighted by Crippen LogP contribution is -2.59. The van der Waals surface area contributed by atoms with Crippen molar-refractivity contribution in [3.8, 4) is 0 Å². The van der Waals surface area contributed by atoms with Gasteiger partial charge in [-0.25, -0.2) is 9.59 Å². The van der Waals surface area contributed by atoms with E-state index in [9.17, 15) is 41.1 Å². The first-order valence-corrected chi connectivity index (χ1v) is 15.9. The van der Waals surface area contributed by atoms with E-state index in [1.165, 1.54) is 4.90 Å². The molecule has 0 aliphatic carbocycles. The second-order valence-electron chi connectivity index (χ2n) is 12.3. The van der Waals surface area contributed by atoms with Gasteiger partial charge in [0.1, 0.15) is 18.7 Å². The zero-order chi connectivity index (χ0) is 37.6. The smallest absolute Gasteiger partial charge is 0.475 e. The van der Waals surface area contributed by atoms with E-state index >= 15 is 0 Å². The molecule has 276 valence electrons. The number of hydrogen-bond acceptors (Lipinski definition) is 7. The van der Waals surface area contributed by atoms with Crippen LogP contribution in [0.4, 0.5) is 26.7 Å². The van der Waals surface area contributed by atoms with Crippen molar-refractivity contribution >= 4 is 29.7 Å². The van der Waals surface area contributed by atoms with Crippen LogP contribution in [0.3, 0.4) is 0 Å². The van der Waals surface area contributed by atoms with E-state index in [4.69, 9.17) is 14.6 Å². The van der Waals surface area contributed by atoms with E-state index in [1.54, 1.807) is 64.1 Å². The summed E-state index contributed by atoms with van der Waals surface area (Å²) in [5.74, 6) is -9.98. The Kier molecular flexibility index (Phi) is 15.8. The van der Waals surface area contributed by atoms with Crippen LogP contribution in [-0.4, -0.2) is 83.0 Å². The molecule has 1 saturated heterocycles. The summed E-state index contributed by atoms with van der Waals surface area (Å²) >= 11 is 0. The fraction of sp³-hybridized carbons (Fsp3) is 0.500. The van der Waals surface area contributed by atoms with E-state index in [-0.39, 0.29) is 25.6 Å². The zero-order valence-electron chi connectivity index (χ0n) is 28.1. The van der Waals surface area contributed by atoms with Crippen LogP contribution in [0.1, 0.15) is 51.7 Å². The van der Waals surface area contributed by atoms with Gasteiger partial charge in [0.15, 0.2) is 0 Å². The third kappa shape index (κ3) is 13.0. The summed E-state index contributed by atoms with van der Waals surface area (Å²) in [7, 11) is 0. The molecule has 1 aliphatic rings. The first-order chi connectivity index (χ1) is 23.3. The van der Waals surface area contributed by atoms with Gasteiger partial charge in [-0.3, -0.25) is 14.4 Å². The number of carboxylic acids is 1. The molecule has 1 fully saturated rings. The Morgan fingerprint density at radius 1 is 0.840 bits per heavy atom. The van der Waals surface area contributed by atoms with Crippen LogP contribution in [0.25, 0.3) is 0 Å². The predicted octanol–water partition coefficient (Wildman–Crippen LogP) is 4.70. The summed E-state index contributed by atoms with van der Waals surface area (Å²) in [5, 5.41) is 14.9. The summed E-state index contributed by atoms with van der Waals surface area (Å²) in [5.41, 5.74) is 1.58. The fourth-order valence-corrected chi connectivity index (χ4v) is 4.95. The maximum atomic E-state index is 15.0. The highest BCUT2D eigenvalue weighted by atomic mass is 19.4. The number of rotatable bonds is 14. The van der Waals surface area contributed by atoms with Crippen molar-refractivity contribution in [2.75, 3.05) is 13.1 Å². The van der Waals surface area contributed by atoms with Gasteiger partial charge in [0.25, 0.3) is 0 Å². The zero-order valence-corrected chi connectivity index (χ0v) is 28.1. The first kappa shape index (κ1) is 41.6. The Morgan fingerprint density at radius 2 is 1.36 bits per heavy atom. The molecule has 2 aromatic carbocycles. The Bertz CT molecular complexity index is 1430.